The lowest BCUT2D eigenvalue weighted by atomic mass is 9.79. The van der Waals surface area contributed by atoms with Crippen molar-refractivity contribution in [1.82, 2.24) is 0 Å². The lowest BCUT2D eigenvalue weighted by Gasteiger charge is -2.32. The molecule has 100 valence electrons. The fourth-order valence-electron chi connectivity index (χ4n) is 2.09. The van der Waals surface area contributed by atoms with E-state index in [0.717, 1.165) is 0 Å². The van der Waals surface area contributed by atoms with Gasteiger partial charge in [-0.3, -0.25) is 0 Å². The second-order valence-corrected chi connectivity index (χ2v) is 5.78. The molecule has 1 fully saturated rings. The van der Waals surface area contributed by atoms with E-state index in [-0.39, 0.29) is 5.56 Å². The first-order valence-electron chi connectivity index (χ1n) is 6.30. The minimum absolute atomic E-state index is 0.0669. The van der Waals surface area contributed by atoms with E-state index in [4.69, 9.17) is 14.6 Å². The molecular weight excluding hydrogens is 244 g/mol. The summed E-state index contributed by atoms with van der Waals surface area (Å²) in [6.45, 7) is 7.85. The zero-order valence-electron chi connectivity index (χ0n) is 11.7. The fourth-order valence-corrected chi connectivity index (χ4v) is 2.09. The molecule has 0 bridgehead atoms. The molecule has 2 rings (SSSR count). The third kappa shape index (κ3) is 2.51. The second-order valence-electron chi connectivity index (χ2n) is 5.78. The average molecular weight is 261 g/mol. The topological polar surface area (TPSA) is 42.2 Å². The first-order chi connectivity index (χ1) is 8.77. The summed E-state index contributed by atoms with van der Waals surface area (Å²) in [5, 5.41) is 9.01. The largest absolute Gasteiger partial charge is 0.462 e. The fraction of sp³-hybridized carbons (Fsp3) is 0.500. The summed E-state index contributed by atoms with van der Waals surface area (Å²) in [6, 6.07) is 6.50. The van der Waals surface area contributed by atoms with E-state index in [9.17, 15) is 4.39 Å². The predicted octanol–water partition coefficient (Wildman–Crippen LogP) is 2.87. The number of nitrogens with zero attached hydrogens (tertiary/aromatic N) is 1. The van der Waals surface area contributed by atoms with Crippen molar-refractivity contribution in [1.29, 1.82) is 5.26 Å². The van der Waals surface area contributed by atoms with Crippen LogP contribution in [0.15, 0.2) is 18.2 Å². The molecular formula is C14H17BFNO2. The maximum atomic E-state index is 13.5. The lowest BCUT2D eigenvalue weighted by Crippen LogP contribution is -2.41. The van der Waals surface area contributed by atoms with Crippen LogP contribution in [0.3, 0.4) is 0 Å². The SMILES string of the molecule is CC1(C)OB(Cc2cccc(F)c2C#N)OC1(C)C. The smallest absolute Gasteiger partial charge is 0.403 e. The van der Waals surface area contributed by atoms with Gasteiger partial charge >= 0.3 is 7.12 Å². The highest BCUT2D eigenvalue weighted by atomic mass is 19.1. The summed E-state index contributed by atoms with van der Waals surface area (Å²) in [4.78, 5) is 0. The molecule has 1 aliphatic rings. The van der Waals surface area contributed by atoms with Crippen molar-refractivity contribution >= 4 is 7.12 Å². The van der Waals surface area contributed by atoms with Gasteiger partial charge in [0.25, 0.3) is 0 Å². The summed E-state index contributed by atoms with van der Waals surface area (Å²) in [6.07, 6.45) is 0.369. The van der Waals surface area contributed by atoms with E-state index in [1.165, 1.54) is 6.07 Å². The monoisotopic (exact) mass is 261 g/mol. The molecule has 5 heteroatoms. The van der Waals surface area contributed by atoms with Crippen LogP contribution in [0.1, 0.15) is 38.8 Å². The third-order valence-electron chi connectivity index (χ3n) is 3.90. The molecule has 0 saturated carbocycles. The summed E-state index contributed by atoms with van der Waals surface area (Å²) < 4.78 is 25.2. The van der Waals surface area contributed by atoms with Gasteiger partial charge in [-0.1, -0.05) is 12.1 Å². The van der Waals surface area contributed by atoms with E-state index in [1.807, 2.05) is 33.8 Å². The van der Waals surface area contributed by atoms with E-state index < -0.39 is 24.1 Å². The highest BCUT2D eigenvalue weighted by Crippen LogP contribution is 2.37. The molecule has 0 unspecified atom stereocenters. The van der Waals surface area contributed by atoms with Gasteiger partial charge in [0, 0.05) is 6.32 Å². The number of hydrogen-bond donors (Lipinski definition) is 0. The second kappa shape index (κ2) is 4.62. The normalized spacial score (nSPS) is 20.3. The van der Waals surface area contributed by atoms with Gasteiger partial charge in [0.15, 0.2) is 0 Å². The van der Waals surface area contributed by atoms with E-state index >= 15 is 0 Å². The average Bonchev–Trinajstić information content (AvgIpc) is 2.47. The van der Waals surface area contributed by atoms with Crippen molar-refractivity contribution in [2.45, 2.75) is 45.2 Å². The molecule has 0 radical (unpaired) electrons. The highest BCUT2D eigenvalue weighted by Gasteiger charge is 2.50. The minimum atomic E-state index is -0.503. The van der Waals surface area contributed by atoms with Crippen LogP contribution >= 0.6 is 0 Å². The number of rotatable bonds is 2. The number of nitriles is 1. The third-order valence-corrected chi connectivity index (χ3v) is 3.90. The van der Waals surface area contributed by atoms with E-state index in [0.29, 0.717) is 11.9 Å². The van der Waals surface area contributed by atoms with Crippen molar-refractivity contribution in [2.24, 2.45) is 0 Å². The molecule has 19 heavy (non-hydrogen) atoms. The Balaban J connectivity index is 2.21. The van der Waals surface area contributed by atoms with Gasteiger partial charge in [0.1, 0.15) is 11.9 Å². The molecule has 1 heterocycles. The van der Waals surface area contributed by atoms with Crippen LogP contribution in [0.5, 0.6) is 0 Å². The summed E-state index contributed by atoms with van der Waals surface area (Å²) >= 11 is 0. The molecule has 3 nitrogen and oxygen atoms in total. The molecule has 1 aliphatic heterocycles. The molecule has 0 aromatic heterocycles. The van der Waals surface area contributed by atoms with Gasteiger partial charge in [-0.05, 0) is 39.3 Å². The molecule has 0 amide bonds. The Labute approximate surface area is 113 Å². The molecule has 0 N–H and O–H groups in total. The minimum Gasteiger partial charge on any atom is -0.403 e. The maximum absolute atomic E-state index is 13.5. The van der Waals surface area contributed by atoms with Crippen LogP contribution in [0.4, 0.5) is 4.39 Å². The van der Waals surface area contributed by atoms with E-state index in [1.54, 1.807) is 12.1 Å². The van der Waals surface area contributed by atoms with Crippen LogP contribution in [-0.4, -0.2) is 18.3 Å². The van der Waals surface area contributed by atoms with Gasteiger partial charge in [0.2, 0.25) is 0 Å². The lowest BCUT2D eigenvalue weighted by molar-refractivity contribution is 0.00578. The molecule has 0 aliphatic carbocycles. The Kier molecular flexibility index (Phi) is 3.42. The standard InChI is InChI=1S/C14H17BFNO2/c1-13(2)14(3,4)19-15(18-13)8-10-6-5-7-12(16)11(10)9-17/h5-7H,8H2,1-4H3. The molecule has 1 saturated heterocycles. The van der Waals surface area contributed by atoms with Crippen molar-refractivity contribution < 1.29 is 13.7 Å². The predicted molar refractivity (Wildman–Crippen MR) is 70.9 cm³/mol. The van der Waals surface area contributed by atoms with Crippen LogP contribution in [0.2, 0.25) is 0 Å². The zero-order valence-corrected chi connectivity index (χ0v) is 11.7. The van der Waals surface area contributed by atoms with Crippen molar-refractivity contribution in [3.05, 3.63) is 35.1 Å². The summed E-state index contributed by atoms with van der Waals surface area (Å²) in [5.74, 6) is -0.503. The quantitative estimate of drug-likeness (QED) is 0.769. The Morgan fingerprint density at radius 2 is 1.79 bits per heavy atom. The van der Waals surface area contributed by atoms with Gasteiger partial charge in [-0.25, -0.2) is 4.39 Å². The molecule has 0 spiro atoms. The first-order valence-corrected chi connectivity index (χ1v) is 6.30. The van der Waals surface area contributed by atoms with Crippen molar-refractivity contribution in [2.75, 3.05) is 0 Å². The van der Waals surface area contributed by atoms with Crippen LogP contribution < -0.4 is 0 Å². The van der Waals surface area contributed by atoms with Gasteiger partial charge < -0.3 is 9.31 Å². The summed E-state index contributed by atoms with van der Waals surface area (Å²) in [7, 11) is -0.459. The Morgan fingerprint density at radius 3 is 2.32 bits per heavy atom. The zero-order chi connectivity index (χ0) is 14.3. The van der Waals surface area contributed by atoms with Gasteiger partial charge in [-0.15, -0.1) is 0 Å². The maximum Gasteiger partial charge on any atom is 0.462 e. The van der Waals surface area contributed by atoms with Crippen molar-refractivity contribution in [3.8, 4) is 6.07 Å². The van der Waals surface area contributed by atoms with Crippen LogP contribution in [-0.2, 0) is 15.6 Å². The molecule has 0 atom stereocenters. The first kappa shape index (κ1) is 14.0. The Morgan fingerprint density at radius 1 is 1.21 bits per heavy atom. The van der Waals surface area contributed by atoms with E-state index in [2.05, 4.69) is 0 Å². The Bertz CT molecular complexity index is 521. The van der Waals surface area contributed by atoms with Gasteiger partial charge in [-0.2, -0.15) is 5.26 Å². The number of halogens is 1. The van der Waals surface area contributed by atoms with Crippen molar-refractivity contribution in [3.63, 3.8) is 0 Å². The highest BCUT2D eigenvalue weighted by molar-refractivity contribution is 6.45. The molecule has 1 aromatic rings. The number of hydrogen-bond acceptors (Lipinski definition) is 3. The van der Waals surface area contributed by atoms with Gasteiger partial charge in [0.05, 0.1) is 16.8 Å². The summed E-state index contributed by atoms with van der Waals surface area (Å²) in [5.41, 5.74) is -0.159. The van der Waals surface area contributed by atoms with Crippen LogP contribution in [0.25, 0.3) is 0 Å². The van der Waals surface area contributed by atoms with Crippen LogP contribution in [0, 0.1) is 17.1 Å². The number of benzene rings is 1. The molecule has 1 aromatic carbocycles. The Hall–Kier alpha value is -1.38.